The zero-order valence-corrected chi connectivity index (χ0v) is 11.5. The van der Waals surface area contributed by atoms with Gasteiger partial charge in [-0.25, -0.2) is 0 Å². The van der Waals surface area contributed by atoms with Gasteiger partial charge in [-0.1, -0.05) is 6.07 Å². The molecule has 108 valence electrons. The standard InChI is InChI=1S/C15H21N3O2/c19-10-13-8-18(7-11-2-1-5-16-6-11)9-14(13)17-15(20)12-3-4-12/h1-2,5-6,12-14,19H,3-4,7-10H2,(H,17,20)/t13-,14+/m0/s1. The van der Waals surface area contributed by atoms with Crippen molar-refractivity contribution in [1.82, 2.24) is 15.2 Å². The Labute approximate surface area is 119 Å². The summed E-state index contributed by atoms with van der Waals surface area (Å²) < 4.78 is 0. The van der Waals surface area contributed by atoms with E-state index in [1.165, 1.54) is 5.56 Å². The Morgan fingerprint density at radius 2 is 2.30 bits per heavy atom. The second-order valence-corrected chi connectivity index (χ2v) is 5.89. The van der Waals surface area contributed by atoms with Crippen LogP contribution in [-0.4, -0.2) is 46.6 Å². The summed E-state index contributed by atoms with van der Waals surface area (Å²) in [5, 5.41) is 12.6. The zero-order chi connectivity index (χ0) is 13.9. The third-order valence-electron chi connectivity index (χ3n) is 4.16. The first-order chi connectivity index (χ1) is 9.76. The molecule has 2 fully saturated rings. The molecule has 5 nitrogen and oxygen atoms in total. The highest BCUT2D eigenvalue weighted by atomic mass is 16.3. The van der Waals surface area contributed by atoms with E-state index in [-0.39, 0.29) is 30.4 Å². The summed E-state index contributed by atoms with van der Waals surface area (Å²) in [5.74, 6) is 0.521. The Balaban J connectivity index is 1.57. The number of rotatable bonds is 5. The van der Waals surface area contributed by atoms with Crippen LogP contribution in [0.1, 0.15) is 18.4 Å². The van der Waals surface area contributed by atoms with Crippen molar-refractivity contribution >= 4 is 5.91 Å². The fraction of sp³-hybridized carbons (Fsp3) is 0.600. The van der Waals surface area contributed by atoms with E-state index >= 15 is 0 Å². The highest BCUT2D eigenvalue weighted by Gasteiger charge is 2.37. The maximum absolute atomic E-state index is 11.9. The van der Waals surface area contributed by atoms with Crippen LogP contribution in [0.3, 0.4) is 0 Å². The Kier molecular flexibility index (Phi) is 3.98. The SMILES string of the molecule is O=C(N[C@@H]1CN(Cc2cccnc2)C[C@H]1CO)C1CC1. The molecule has 2 N–H and O–H groups in total. The molecule has 0 radical (unpaired) electrons. The first kappa shape index (κ1) is 13.5. The maximum Gasteiger partial charge on any atom is 0.223 e. The molecule has 1 aliphatic heterocycles. The molecule has 1 aromatic rings. The number of aliphatic hydroxyl groups is 1. The lowest BCUT2D eigenvalue weighted by atomic mass is 10.1. The molecule has 0 unspecified atom stereocenters. The van der Waals surface area contributed by atoms with E-state index in [2.05, 4.69) is 21.3 Å². The van der Waals surface area contributed by atoms with Crippen molar-refractivity contribution in [2.45, 2.75) is 25.4 Å². The fourth-order valence-electron chi connectivity index (χ4n) is 2.83. The fourth-order valence-corrected chi connectivity index (χ4v) is 2.83. The highest BCUT2D eigenvalue weighted by molar-refractivity contribution is 5.81. The van der Waals surface area contributed by atoms with Crippen LogP contribution in [0, 0.1) is 11.8 Å². The zero-order valence-electron chi connectivity index (χ0n) is 11.5. The van der Waals surface area contributed by atoms with Crippen LogP contribution in [0.5, 0.6) is 0 Å². The lowest BCUT2D eigenvalue weighted by molar-refractivity contribution is -0.123. The van der Waals surface area contributed by atoms with E-state index in [1.54, 1.807) is 6.20 Å². The predicted molar refractivity (Wildman–Crippen MR) is 74.7 cm³/mol. The lowest BCUT2D eigenvalue weighted by Gasteiger charge is -2.18. The number of carbonyl (C=O) groups is 1. The number of carbonyl (C=O) groups excluding carboxylic acids is 1. The number of aliphatic hydroxyl groups excluding tert-OH is 1. The second-order valence-electron chi connectivity index (χ2n) is 5.89. The van der Waals surface area contributed by atoms with Gasteiger partial charge in [0.05, 0.1) is 0 Å². The van der Waals surface area contributed by atoms with Crippen LogP contribution in [0.15, 0.2) is 24.5 Å². The molecular formula is C15H21N3O2. The van der Waals surface area contributed by atoms with Crippen LogP contribution >= 0.6 is 0 Å². The highest BCUT2D eigenvalue weighted by Crippen LogP contribution is 2.29. The van der Waals surface area contributed by atoms with Gasteiger partial charge in [0.15, 0.2) is 0 Å². The van der Waals surface area contributed by atoms with Crippen LogP contribution in [-0.2, 0) is 11.3 Å². The van der Waals surface area contributed by atoms with Crippen molar-refractivity contribution in [1.29, 1.82) is 0 Å². The minimum Gasteiger partial charge on any atom is -0.396 e. The molecule has 20 heavy (non-hydrogen) atoms. The van der Waals surface area contributed by atoms with Gasteiger partial charge >= 0.3 is 0 Å². The largest absolute Gasteiger partial charge is 0.396 e. The molecule has 1 aromatic heterocycles. The van der Waals surface area contributed by atoms with Crippen molar-refractivity contribution < 1.29 is 9.90 Å². The van der Waals surface area contributed by atoms with Crippen LogP contribution < -0.4 is 5.32 Å². The lowest BCUT2D eigenvalue weighted by Crippen LogP contribution is -2.42. The van der Waals surface area contributed by atoms with Crippen molar-refractivity contribution in [2.75, 3.05) is 19.7 Å². The molecule has 1 amide bonds. The van der Waals surface area contributed by atoms with Gasteiger partial charge < -0.3 is 10.4 Å². The predicted octanol–water partition coefficient (Wildman–Crippen LogP) is 0.400. The summed E-state index contributed by atoms with van der Waals surface area (Å²) >= 11 is 0. The summed E-state index contributed by atoms with van der Waals surface area (Å²) in [7, 11) is 0. The van der Waals surface area contributed by atoms with Gasteiger partial charge in [0, 0.05) is 56.5 Å². The number of aromatic nitrogens is 1. The molecule has 0 aromatic carbocycles. The average molecular weight is 275 g/mol. The number of nitrogens with zero attached hydrogens (tertiary/aromatic N) is 2. The van der Waals surface area contributed by atoms with Crippen molar-refractivity contribution in [3.05, 3.63) is 30.1 Å². The van der Waals surface area contributed by atoms with Gasteiger partial charge in [0.1, 0.15) is 0 Å². The van der Waals surface area contributed by atoms with E-state index in [9.17, 15) is 9.90 Å². The Morgan fingerprint density at radius 3 is 2.95 bits per heavy atom. The van der Waals surface area contributed by atoms with Gasteiger partial charge in [0.2, 0.25) is 5.91 Å². The summed E-state index contributed by atoms with van der Waals surface area (Å²) in [6.07, 6.45) is 5.66. The summed E-state index contributed by atoms with van der Waals surface area (Å²) in [6.45, 7) is 2.57. The number of hydrogen-bond donors (Lipinski definition) is 2. The van der Waals surface area contributed by atoms with Gasteiger partial charge in [-0.2, -0.15) is 0 Å². The summed E-state index contributed by atoms with van der Waals surface area (Å²) in [6, 6.07) is 4.06. The molecule has 1 saturated heterocycles. The maximum atomic E-state index is 11.9. The topological polar surface area (TPSA) is 65.5 Å². The van der Waals surface area contributed by atoms with Crippen LogP contribution in [0.2, 0.25) is 0 Å². The first-order valence-corrected chi connectivity index (χ1v) is 7.28. The van der Waals surface area contributed by atoms with E-state index in [0.29, 0.717) is 0 Å². The van der Waals surface area contributed by atoms with Crippen molar-refractivity contribution in [3.63, 3.8) is 0 Å². The molecule has 1 aliphatic carbocycles. The first-order valence-electron chi connectivity index (χ1n) is 7.28. The quantitative estimate of drug-likeness (QED) is 0.816. The smallest absolute Gasteiger partial charge is 0.223 e. The van der Waals surface area contributed by atoms with Gasteiger partial charge in [-0.3, -0.25) is 14.7 Å². The van der Waals surface area contributed by atoms with E-state index in [4.69, 9.17) is 0 Å². The normalized spacial score (nSPS) is 26.6. The molecular weight excluding hydrogens is 254 g/mol. The van der Waals surface area contributed by atoms with E-state index < -0.39 is 0 Å². The monoisotopic (exact) mass is 275 g/mol. The van der Waals surface area contributed by atoms with E-state index in [1.807, 2.05) is 12.3 Å². The van der Waals surface area contributed by atoms with Gasteiger partial charge in [0.25, 0.3) is 0 Å². The summed E-state index contributed by atoms with van der Waals surface area (Å²) in [4.78, 5) is 18.3. The van der Waals surface area contributed by atoms with Gasteiger partial charge in [-0.05, 0) is 24.5 Å². The van der Waals surface area contributed by atoms with Crippen molar-refractivity contribution in [3.8, 4) is 0 Å². The molecule has 3 rings (SSSR count). The third kappa shape index (κ3) is 3.16. The molecule has 2 aliphatic rings. The average Bonchev–Trinajstić information content (AvgIpc) is 3.24. The Hall–Kier alpha value is -1.46. The molecule has 1 saturated carbocycles. The molecule has 2 atom stereocenters. The molecule has 5 heteroatoms. The Bertz CT molecular complexity index is 461. The third-order valence-corrected chi connectivity index (χ3v) is 4.16. The van der Waals surface area contributed by atoms with Gasteiger partial charge in [-0.15, -0.1) is 0 Å². The van der Waals surface area contributed by atoms with E-state index in [0.717, 1.165) is 32.5 Å². The number of amides is 1. The summed E-state index contributed by atoms with van der Waals surface area (Å²) in [5.41, 5.74) is 1.17. The van der Waals surface area contributed by atoms with Crippen molar-refractivity contribution in [2.24, 2.45) is 11.8 Å². The molecule has 0 bridgehead atoms. The number of hydrogen-bond acceptors (Lipinski definition) is 4. The minimum absolute atomic E-state index is 0.0739. The minimum atomic E-state index is 0.0739. The number of nitrogens with one attached hydrogen (secondary N) is 1. The van der Waals surface area contributed by atoms with Crippen LogP contribution in [0.4, 0.5) is 0 Å². The van der Waals surface area contributed by atoms with Crippen LogP contribution in [0.25, 0.3) is 0 Å². The number of likely N-dealkylation sites (tertiary alicyclic amines) is 1. The molecule has 0 spiro atoms. The number of pyridine rings is 1. The Morgan fingerprint density at radius 1 is 1.45 bits per heavy atom. The molecule has 2 heterocycles. The second kappa shape index (κ2) is 5.89.